The summed E-state index contributed by atoms with van der Waals surface area (Å²) in [5, 5.41) is 0. The Kier molecular flexibility index (Phi) is 6.48. The van der Waals surface area contributed by atoms with Crippen LogP contribution in [0.3, 0.4) is 0 Å². The molecule has 22 heavy (non-hydrogen) atoms. The van der Waals surface area contributed by atoms with Crippen molar-refractivity contribution in [2.75, 3.05) is 12.8 Å². The summed E-state index contributed by atoms with van der Waals surface area (Å²) in [5.41, 5.74) is 5.53. The second-order valence-corrected chi connectivity index (χ2v) is 8.76. The molecule has 0 aliphatic rings. The Labute approximate surface area is 130 Å². The fourth-order valence-electron chi connectivity index (χ4n) is 1.91. The van der Waals surface area contributed by atoms with Crippen LogP contribution >= 0.6 is 0 Å². The van der Waals surface area contributed by atoms with Crippen LogP contribution in [0.15, 0.2) is 28.0 Å². The van der Waals surface area contributed by atoms with Gasteiger partial charge in [-0.3, -0.25) is 0 Å². The predicted octanol–water partition coefficient (Wildman–Crippen LogP) is 1.02. The molecule has 0 radical (unpaired) electrons. The van der Waals surface area contributed by atoms with E-state index < -0.39 is 36.6 Å². The van der Waals surface area contributed by atoms with Gasteiger partial charge in [0.15, 0.2) is 9.84 Å². The van der Waals surface area contributed by atoms with E-state index in [4.69, 9.17) is 5.73 Å². The van der Waals surface area contributed by atoms with E-state index in [0.29, 0.717) is 12.5 Å². The molecule has 0 saturated carbocycles. The van der Waals surface area contributed by atoms with Crippen molar-refractivity contribution in [1.29, 1.82) is 0 Å². The van der Waals surface area contributed by atoms with Gasteiger partial charge in [0.1, 0.15) is 10.7 Å². The van der Waals surface area contributed by atoms with Crippen LogP contribution in [0, 0.1) is 5.82 Å². The average Bonchev–Trinajstić information content (AvgIpc) is 2.41. The van der Waals surface area contributed by atoms with Gasteiger partial charge in [-0.1, -0.05) is 19.8 Å². The van der Waals surface area contributed by atoms with Crippen molar-refractivity contribution in [3.63, 3.8) is 0 Å². The number of rotatable bonds is 8. The summed E-state index contributed by atoms with van der Waals surface area (Å²) in [7, 11) is -7.70. The molecular weight excluding hydrogens is 331 g/mol. The summed E-state index contributed by atoms with van der Waals surface area (Å²) in [4.78, 5) is -0.861. The van der Waals surface area contributed by atoms with Crippen molar-refractivity contribution in [3.8, 4) is 0 Å². The van der Waals surface area contributed by atoms with Gasteiger partial charge in [0.05, 0.1) is 4.90 Å². The first-order valence-electron chi connectivity index (χ1n) is 6.83. The number of halogens is 1. The SMILES string of the molecule is CCCCC(CN)NS(=O)(=O)c1ccc(S(C)(=O)=O)c(F)c1. The van der Waals surface area contributed by atoms with Crippen molar-refractivity contribution in [2.24, 2.45) is 5.73 Å². The monoisotopic (exact) mass is 352 g/mol. The van der Waals surface area contributed by atoms with Crippen molar-refractivity contribution < 1.29 is 21.2 Å². The molecule has 1 rings (SSSR count). The highest BCUT2D eigenvalue weighted by Gasteiger charge is 2.22. The average molecular weight is 352 g/mol. The Morgan fingerprint density at radius 1 is 1.27 bits per heavy atom. The van der Waals surface area contributed by atoms with Gasteiger partial charge in [0.25, 0.3) is 0 Å². The summed E-state index contributed by atoms with van der Waals surface area (Å²) in [5.74, 6) is -1.09. The van der Waals surface area contributed by atoms with Crippen LogP contribution in [0.5, 0.6) is 0 Å². The predicted molar refractivity (Wildman–Crippen MR) is 82.2 cm³/mol. The number of nitrogens with one attached hydrogen (secondary N) is 1. The highest BCUT2D eigenvalue weighted by Crippen LogP contribution is 2.19. The Hall–Kier alpha value is -1.03. The largest absolute Gasteiger partial charge is 0.329 e. The lowest BCUT2D eigenvalue weighted by Gasteiger charge is -2.16. The van der Waals surface area contributed by atoms with E-state index in [1.165, 1.54) is 0 Å². The van der Waals surface area contributed by atoms with Crippen LogP contribution in [0.2, 0.25) is 0 Å². The fourth-order valence-corrected chi connectivity index (χ4v) is 3.94. The van der Waals surface area contributed by atoms with Gasteiger partial charge in [-0.05, 0) is 24.6 Å². The maximum Gasteiger partial charge on any atom is 0.240 e. The zero-order valence-electron chi connectivity index (χ0n) is 12.5. The van der Waals surface area contributed by atoms with Crippen LogP contribution in [0.1, 0.15) is 26.2 Å². The van der Waals surface area contributed by atoms with E-state index in [2.05, 4.69) is 4.72 Å². The van der Waals surface area contributed by atoms with Crippen LogP contribution in [-0.2, 0) is 19.9 Å². The normalized spacial score (nSPS) is 14.0. The standard InChI is InChI=1S/C13H21FN2O4S2/c1-3-4-5-10(9-15)16-22(19,20)11-6-7-13(12(14)8-11)21(2,17)18/h6-8,10,16H,3-5,9,15H2,1-2H3. The Balaban J connectivity index is 3.06. The van der Waals surface area contributed by atoms with Gasteiger partial charge in [0, 0.05) is 18.8 Å². The maximum atomic E-state index is 13.8. The lowest BCUT2D eigenvalue weighted by molar-refractivity contribution is 0.514. The molecule has 0 amide bonds. The fraction of sp³-hybridized carbons (Fsp3) is 0.538. The lowest BCUT2D eigenvalue weighted by atomic mass is 10.1. The van der Waals surface area contributed by atoms with E-state index in [1.807, 2.05) is 6.92 Å². The summed E-state index contributed by atoms with van der Waals surface area (Å²) in [6, 6.07) is 2.27. The van der Waals surface area contributed by atoms with Gasteiger partial charge in [-0.2, -0.15) is 0 Å². The van der Waals surface area contributed by atoms with Gasteiger partial charge in [-0.15, -0.1) is 0 Å². The number of hydrogen-bond acceptors (Lipinski definition) is 5. The zero-order valence-corrected chi connectivity index (χ0v) is 14.2. The van der Waals surface area contributed by atoms with E-state index in [9.17, 15) is 21.2 Å². The summed E-state index contributed by atoms with van der Waals surface area (Å²) < 4.78 is 63.3. The van der Waals surface area contributed by atoms with Gasteiger partial charge >= 0.3 is 0 Å². The lowest BCUT2D eigenvalue weighted by Crippen LogP contribution is -2.40. The molecule has 0 spiro atoms. The first-order valence-corrected chi connectivity index (χ1v) is 10.2. The molecule has 0 aromatic heterocycles. The molecule has 0 bridgehead atoms. The Bertz CT molecular complexity index is 718. The third-order valence-electron chi connectivity index (χ3n) is 3.13. The number of benzene rings is 1. The van der Waals surface area contributed by atoms with Crippen molar-refractivity contribution >= 4 is 19.9 Å². The molecule has 1 atom stereocenters. The molecule has 0 aliphatic heterocycles. The van der Waals surface area contributed by atoms with E-state index in [0.717, 1.165) is 31.2 Å². The van der Waals surface area contributed by atoms with Crippen LogP contribution < -0.4 is 10.5 Å². The third-order valence-corrected chi connectivity index (χ3v) is 5.77. The van der Waals surface area contributed by atoms with E-state index in [1.54, 1.807) is 0 Å². The van der Waals surface area contributed by atoms with Crippen molar-refractivity contribution in [2.45, 2.75) is 42.0 Å². The van der Waals surface area contributed by atoms with E-state index in [-0.39, 0.29) is 11.4 Å². The molecular formula is C13H21FN2O4S2. The molecule has 1 aromatic rings. The molecule has 0 fully saturated rings. The minimum absolute atomic E-state index is 0.128. The first kappa shape index (κ1) is 19.0. The third kappa shape index (κ3) is 5.01. The molecule has 1 aromatic carbocycles. The van der Waals surface area contributed by atoms with Crippen molar-refractivity contribution in [3.05, 3.63) is 24.0 Å². The highest BCUT2D eigenvalue weighted by molar-refractivity contribution is 7.90. The van der Waals surface area contributed by atoms with E-state index >= 15 is 0 Å². The molecule has 9 heteroatoms. The van der Waals surface area contributed by atoms with Gasteiger partial charge in [0.2, 0.25) is 10.0 Å². The second kappa shape index (κ2) is 7.49. The smallest absolute Gasteiger partial charge is 0.240 e. The molecule has 1 unspecified atom stereocenters. The topological polar surface area (TPSA) is 106 Å². The van der Waals surface area contributed by atoms with Crippen molar-refractivity contribution in [1.82, 2.24) is 4.72 Å². The van der Waals surface area contributed by atoms with Crippen LogP contribution in [-0.4, -0.2) is 35.7 Å². The molecule has 6 nitrogen and oxygen atoms in total. The molecule has 0 saturated heterocycles. The number of sulfone groups is 1. The van der Waals surface area contributed by atoms with Gasteiger partial charge in [-0.25, -0.2) is 25.9 Å². The molecule has 0 heterocycles. The molecule has 0 aliphatic carbocycles. The molecule has 3 N–H and O–H groups in total. The number of hydrogen-bond donors (Lipinski definition) is 2. The summed E-state index contributed by atoms with van der Waals surface area (Å²) >= 11 is 0. The van der Waals surface area contributed by atoms with Crippen LogP contribution in [0.4, 0.5) is 4.39 Å². The summed E-state index contributed by atoms with van der Waals surface area (Å²) in [6.07, 6.45) is 3.14. The Morgan fingerprint density at radius 3 is 2.36 bits per heavy atom. The second-order valence-electron chi connectivity index (χ2n) is 5.06. The number of nitrogens with two attached hydrogens (primary N) is 1. The maximum absolute atomic E-state index is 13.8. The Morgan fingerprint density at radius 2 is 1.91 bits per heavy atom. The quantitative estimate of drug-likeness (QED) is 0.727. The van der Waals surface area contributed by atoms with Crippen LogP contribution in [0.25, 0.3) is 0 Å². The zero-order chi connectivity index (χ0) is 17.0. The number of sulfonamides is 1. The first-order chi connectivity index (χ1) is 10.1. The minimum Gasteiger partial charge on any atom is -0.329 e. The number of unbranched alkanes of at least 4 members (excludes halogenated alkanes) is 1. The highest BCUT2D eigenvalue weighted by atomic mass is 32.2. The minimum atomic E-state index is -3.95. The van der Waals surface area contributed by atoms with Gasteiger partial charge < -0.3 is 5.73 Å². The summed E-state index contributed by atoms with van der Waals surface area (Å²) in [6.45, 7) is 2.10. The molecule has 126 valence electrons.